The molecule has 0 amide bonds. The molecule has 1 saturated carbocycles. The maximum absolute atomic E-state index is 14.1. The summed E-state index contributed by atoms with van der Waals surface area (Å²) in [5, 5.41) is 24.6. The highest BCUT2D eigenvalue weighted by atomic mass is 35.5. The number of allylic oxidation sites excluding steroid dienone is 4. The molecule has 1 saturated heterocycles. The first-order valence-corrected chi connectivity index (χ1v) is 18.2. The summed E-state index contributed by atoms with van der Waals surface area (Å²) >= 11 is 8.36. The number of carbonyl (C=O) groups is 1. The number of aliphatic imine (C=N–C) groups is 1. The molecular weight excluding hydrogens is 626 g/mol. The van der Waals surface area contributed by atoms with E-state index in [2.05, 4.69) is 21.7 Å². The van der Waals surface area contributed by atoms with Crippen molar-refractivity contribution < 1.29 is 18.7 Å². The minimum absolute atomic E-state index is 0.141. The van der Waals surface area contributed by atoms with Crippen LogP contribution >= 0.6 is 23.4 Å². The van der Waals surface area contributed by atoms with Gasteiger partial charge in [0.15, 0.2) is 0 Å². The molecule has 0 radical (unpaired) electrons. The molecule has 0 bridgehead atoms. The summed E-state index contributed by atoms with van der Waals surface area (Å²) in [4.78, 5) is 18.8. The Hall–Kier alpha value is -2.49. The van der Waals surface area contributed by atoms with E-state index in [1.54, 1.807) is 30.0 Å². The second-order valence-corrected chi connectivity index (χ2v) is 14.8. The van der Waals surface area contributed by atoms with E-state index in [0.29, 0.717) is 17.4 Å². The fourth-order valence-electron chi connectivity index (χ4n) is 7.25. The molecule has 250 valence electrons. The molecule has 2 fully saturated rings. The van der Waals surface area contributed by atoms with Gasteiger partial charge in [-0.15, -0.1) is 11.8 Å². The SMILES string of the molecule is CC(F)C/C=C\C(=N)C1=C2C[C@H](CNCCCCCC3CCC(C(=O)O)CC3)CN2C(C2CC=CS2)=N[C@H]1c1ccc(F)cc1Cl. The van der Waals surface area contributed by atoms with E-state index >= 15 is 0 Å². The third-order valence-electron chi connectivity index (χ3n) is 9.74. The topological polar surface area (TPSA) is 88.8 Å². The Morgan fingerprint density at radius 2 is 2.04 bits per heavy atom. The third-order valence-corrected chi connectivity index (χ3v) is 11.1. The molecule has 3 aliphatic heterocycles. The van der Waals surface area contributed by atoms with E-state index in [9.17, 15) is 18.7 Å². The van der Waals surface area contributed by atoms with Crippen LogP contribution in [0.4, 0.5) is 8.78 Å². The van der Waals surface area contributed by atoms with Gasteiger partial charge in [-0.1, -0.05) is 49.1 Å². The lowest BCUT2D eigenvalue weighted by Crippen LogP contribution is -2.40. The van der Waals surface area contributed by atoms with Crippen LogP contribution in [-0.2, 0) is 4.79 Å². The molecule has 6 nitrogen and oxygen atoms in total. The predicted molar refractivity (Wildman–Crippen MR) is 185 cm³/mol. The van der Waals surface area contributed by atoms with Gasteiger partial charge in [-0.3, -0.25) is 9.79 Å². The van der Waals surface area contributed by atoms with Crippen LogP contribution in [0.25, 0.3) is 0 Å². The molecule has 3 N–H and O–H groups in total. The Labute approximate surface area is 281 Å². The highest BCUT2D eigenvalue weighted by Crippen LogP contribution is 2.45. The van der Waals surface area contributed by atoms with Crippen molar-refractivity contribution in [1.82, 2.24) is 10.2 Å². The van der Waals surface area contributed by atoms with Crippen molar-refractivity contribution in [1.29, 1.82) is 5.41 Å². The number of benzene rings is 1. The number of carboxylic acids is 1. The number of fused-ring (bicyclic) bond motifs is 1. The van der Waals surface area contributed by atoms with Crippen LogP contribution in [0.2, 0.25) is 5.02 Å². The van der Waals surface area contributed by atoms with Gasteiger partial charge in [0.25, 0.3) is 0 Å². The molecule has 4 atom stereocenters. The molecule has 4 aliphatic rings. The van der Waals surface area contributed by atoms with Gasteiger partial charge < -0.3 is 20.7 Å². The van der Waals surface area contributed by atoms with Gasteiger partial charge in [0.2, 0.25) is 0 Å². The van der Waals surface area contributed by atoms with Crippen LogP contribution in [0.15, 0.2) is 58.1 Å². The second-order valence-electron chi connectivity index (χ2n) is 13.3. The molecule has 46 heavy (non-hydrogen) atoms. The number of alkyl halides is 1. The lowest BCUT2D eigenvalue weighted by atomic mass is 9.80. The highest BCUT2D eigenvalue weighted by Gasteiger charge is 2.41. The van der Waals surface area contributed by atoms with Gasteiger partial charge in [-0.2, -0.15) is 0 Å². The smallest absolute Gasteiger partial charge is 0.306 e. The van der Waals surface area contributed by atoms with Gasteiger partial charge in [0.1, 0.15) is 23.9 Å². The number of unbranched alkanes of at least 4 members (excludes halogenated alkanes) is 2. The number of halogens is 3. The van der Waals surface area contributed by atoms with E-state index in [1.165, 1.54) is 38.3 Å². The number of rotatable bonds is 15. The Kier molecular flexibility index (Phi) is 12.5. The van der Waals surface area contributed by atoms with E-state index in [1.807, 2.05) is 0 Å². The number of hydrogen-bond acceptors (Lipinski definition) is 6. The van der Waals surface area contributed by atoms with E-state index in [0.717, 1.165) is 81.7 Å². The van der Waals surface area contributed by atoms with Crippen molar-refractivity contribution in [3.8, 4) is 0 Å². The highest BCUT2D eigenvalue weighted by molar-refractivity contribution is 8.03. The van der Waals surface area contributed by atoms with Crippen molar-refractivity contribution in [2.24, 2.45) is 22.7 Å². The van der Waals surface area contributed by atoms with Crippen LogP contribution in [-0.4, -0.2) is 58.6 Å². The summed E-state index contributed by atoms with van der Waals surface area (Å²) in [6, 6.07) is 3.84. The number of amidine groups is 1. The average molecular weight is 673 g/mol. The average Bonchev–Trinajstić information content (AvgIpc) is 3.71. The van der Waals surface area contributed by atoms with Crippen molar-refractivity contribution >= 4 is 40.9 Å². The summed E-state index contributed by atoms with van der Waals surface area (Å²) in [6.45, 7) is 4.13. The number of nitrogens with one attached hydrogen (secondary N) is 2. The van der Waals surface area contributed by atoms with Crippen molar-refractivity contribution in [2.45, 2.75) is 95.0 Å². The summed E-state index contributed by atoms with van der Waals surface area (Å²) in [6.07, 6.45) is 14.8. The zero-order valence-corrected chi connectivity index (χ0v) is 28.3. The molecule has 2 unspecified atom stereocenters. The van der Waals surface area contributed by atoms with Crippen LogP contribution in [0.1, 0.15) is 89.2 Å². The molecule has 1 aromatic rings. The summed E-state index contributed by atoms with van der Waals surface area (Å²) in [5.41, 5.74) is 2.79. The monoisotopic (exact) mass is 672 g/mol. The summed E-state index contributed by atoms with van der Waals surface area (Å²) < 4.78 is 27.7. The maximum Gasteiger partial charge on any atom is 0.306 e. The van der Waals surface area contributed by atoms with E-state index < -0.39 is 24.0 Å². The van der Waals surface area contributed by atoms with Crippen LogP contribution in [0, 0.1) is 29.0 Å². The van der Waals surface area contributed by atoms with Gasteiger partial charge in [-0.25, -0.2) is 8.78 Å². The van der Waals surface area contributed by atoms with Crippen LogP contribution < -0.4 is 5.32 Å². The predicted octanol–water partition coefficient (Wildman–Crippen LogP) is 8.89. The molecule has 10 heteroatoms. The number of aliphatic carboxylic acids is 1. The summed E-state index contributed by atoms with van der Waals surface area (Å²) in [7, 11) is 0. The second kappa shape index (κ2) is 16.6. The zero-order chi connectivity index (χ0) is 32.6. The van der Waals surface area contributed by atoms with Crippen molar-refractivity contribution in [2.75, 3.05) is 19.6 Å². The normalized spacial score (nSPS) is 26.9. The summed E-state index contributed by atoms with van der Waals surface area (Å²) in [5.74, 6) is 0.800. The van der Waals surface area contributed by atoms with Gasteiger partial charge in [-0.05, 0) is 100 Å². The number of nitrogens with zero attached hydrogens (tertiary/aromatic N) is 2. The Morgan fingerprint density at radius 1 is 1.24 bits per heavy atom. The fourth-order valence-corrected chi connectivity index (χ4v) is 8.47. The minimum atomic E-state index is -0.996. The van der Waals surface area contributed by atoms with Crippen molar-refractivity contribution in [3.63, 3.8) is 0 Å². The molecule has 0 spiro atoms. The minimum Gasteiger partial charge on any atom is -0.481 e. The molecule has 5 rings (SSSR count). The Bertz CT molecular complexity index is 1360. The standard InChI is InChI=1S/C36H47ClF2N4O2S/c1-23(38)7-5-9-30(40)33-31-19-25(21-41-17-4-2-3-8-24-11-13-26(14-12-24)36(44)45)22-43(31)35(32-10-6-18-46-32)42-34(33)28-16-15-27(39)20-29(28)37/h5-6,9,15-16,18,20,23-26,32,34,40-41H,2-4,7-8,10-14,17,19,21-22H2,1H3,(H,44,45)/b9-5-,40-30?/t23?,24?,25-,26?,32?,34+/m1/s1. The maximum atomic E-state index is 14.1. The van der Waals surface area contributed by atoms with Crippen LogP contribution in [0.5, 0.6) is 0 Å². The lowest BCUT2D eigenvalue weighted by Gasteiger charge is -2.35. The molecule has 3 heterocycles. The third kappa shape index (κ3) is 8.90. The van der Waals surface area contributed by atoms with Gasteiger partial charge in [0, 0.05) is 34.9 Å². The quantitative estimate of drug-likeness (QED) is 0.128. The first-order chi connectivity index (χ1) is 22.2. The van der Waals surface area contributed by atoms with Gasteiger partial charge in [0.05, 0.1) is 16.9 Å². The van der Waals surface area contributed by atoms with Crippen molar-refractivity contribution in [3.05, 3.63) is 69.5 Å². The lowest BCUT2D eigenvalue weighted by molar-refractivity contribution is -0.143. The van der Waals surface area contributed by atoms with E-state index in [4.69, 9.17) is 22.0 Å². The first-order valence-electron chi connectivity index (χ1n) is 16.9. The largest absolute Gasteiger partial charge is 0.481 e. The zero-order valence-electron chi connectivity index (χ0n) is 26.7. The van der Waals surface area contributed by atoms with E-state index in [-0.39, 0.29) is 28.3 Å². The first kappa shape index (κ1) is 34.8. The van der Waals surface area contributed by atoms with Crippen LogP contribution in [0.3, 0.4) is 0 Å². The number of thioether (sulfide) groups is 1. The molecule has 1 aromatic carbocycles. The number of carboxylic acid groups (broad SMARTS) is 1. The Balaban J connectivity index is 1.24. The Morgan fingerprint density at radius 3 is 2.74 bits per heavy atom. The number of hydrogen-bond donors (Lipinski definition) is 3. The fraction of sp³-hybridized carbons (Fsp3) is 0.583. The molecule has 0 aromatic heterocycles. The molecule has 1 aliphatic carbocycles. The van der Waals surface area contributed by atoms with Gasteiger partial charge >= 0.3 is 5.97 Å². The molecular formula is C36H47ClF2N4O2S.